The molecule has 0 spiro atoms. The second kappa shape index (κ2) is 9.30. The summed E-state index contributed by atoms with van der Waals surface area (Å²) >= 11 is 13.0. The minimum atomic E-state index is -3.55. The quantitative estimate of drug-likeness (QED) is 0.341. The van der Waals surface area contributed by atoms with E-state index in [-0.39, 0.29) is 32.6 Å². The first kappa shape index (κ1) is 22.3. The number of ketones is 1. The van der Waals surface area contributed by atoms with E-state index in [1.807, 2.05) is 0 Å². The minimum Gasteiger partial charge on any atom is -0.411 e. The van der Waals surface area contributed by atoms with Crippen molar-refractivity contribution in [3.8, 4) is 11.5 Å². The van der Waals surface area contributed by atoms with Gasteiger partial charge in [-0.05, 0) is 49.2 Å². The highest BCUT2D eigenvalue weighted by Crippen LogP contribution is 2.28. The smallest absolute Gasteiger partial charge is 0.277 e. The van der Waals surface area contributed by atoms with Crippen LogP contribution in [0.15, 0.2) is 57.0 Å². The topological polar surface area (TPSA) is 93.4 Å². The normalized spacial score (nSPS) is 14.8. The van der Waals surface area contributed by atoms with E-state index in [4.69, 9.17) is 27.6 Å². The third-order valence-electron chi connectivity index (χ3n) is 4.75. The van der Waals surface area contributed by atoms with Gasteiger partial charge >= 0.3 is 0 Å². The van der Waals surface area contributed by atoms with E-state index in [0.717, 1.165) is 24.6 Å². The molecule has 31 heavy (non-hydrogen) atoms. The molecule has 0 unspecified atom stereocenters. The van der Waals surface area contributed by atoms with Gasteiger partial charge in [-0.25, -0.2) is 8.42 Å². The third kappa shape index (κ3) is 4.96. The average Bonchev–Trinajstić information content (AvgIpc) is 3.45. The first-order valence-electron chi connectivity index (χ1n) is 9.40. The molecule has 1 fully saturated rings. The summed E-state index contributed by atoms with van der Waals surface area (Å²) in [6, 6.07) is 11.1. The van der Waals surface area contributed by atoms with Gasteiger partial charge in [0.25, 0.3) is 5.22 Å². The Morgan fingerprint density at radius 2 is 1.87 bits per heavy atom. The van der Waals surface area contributed by atoms with Crippen LogP contribution in [0.2, 0.25) is 10.0 Å². The van der Waals surface area contributed by atoms with E-state index in [0.29, 0.717) is 29.2 Å². The summed E-state index contributed by atoms with van der Waals surface area (Å²) in [6.45, 7) is 1.05. The van der Waals surface area contributed by atoms with Gasteiger partial charge in [0.05, 0.1) is 15.7 Å². The number of thioether (sulfide) groups is 1. The number of carbonyl (C=O) groups excluding carboxylic acids is 1. The molecular weight excluding hydrogens is 481 g/mol. The molecule has 1 saturated heterocycles. The maximum absolute atomic E-state index is 12.8. The van der Waals surface area contributed by atoms with Gasteiger partial charge in [-0.15, -0.1) is 10.2 Å². The Morgan fingerprint density at radius 1 is 1.10 bits per heavy atom. The lowest BCUT2D eigenvalue weighted by atomic mass is 10.1. The van der Waals surface area contributed by atoms with Crippen LogP contribution in [0.1, 0.15) is 23.2 Å². The zero-order valence-electron chi connectivity index (χ0n) is 16.1. The molecule has 0 amide bonds. The van der Waals surface area contributed by atoms with Crippen LogP contribution in [0.25, 0.3) is 11.5 Å². The van der Waals surface area contributed by atoms with Gasteiger partial charge in [0.1, 0.15) is 0 Å². The van der Waals surface area contributed by atoms with E-state index in [2.05, 4.69) is 10.2 Å². The van der Waals surface area contributed by atoms with E-state index < -0.39 is 10.0 Å². The lowest BCUT2D eigenvalue weighted by Crippen LogP contribution is -2.27. The summed E-state index contributed by atoms with van der Waals surface area (Å²) < 4.78 is 32.7. The van der Waals surface area contributed by atoms with Crippen molar-refractivity contribution in [3.05, 3.63) is 58.1 Å². The van der Waals surface area contributed by atoms with Crippen molar-refractivity contribution in [1.82, 2.24) is 14.5 Å². The van der Waals surface area contributed by atoms with Crippen molar-refractivity contribution < 1.29 is 17.6 Å². The van der Waals surface area contributed by atoms with Gasteiger partial charge in [-0.3, -0.25) is 4.79 Å². The van der Waals surface area contributed by atoms with Crippen LogP contribution in [0, 0.1) is 0 Å². The minimum absolute atomic E-state index is 0.0480. The summed E-state index contributed by atoms with van der Waals surface area (Å²) in [5, 5.41) is 8.85. The molecule has 3 aromatic rings. The number of benzene rings is 2. The van der Waals surface area contributed by atoms with Crippen molar-refractivity contribution in [2.75, 3.05) is 18.8 Å². The van der Waals surface area contributed by atoms with Crippen molar-refractivity contribution in [2.45, 2.75) is 23.0 Å². The number of aromatic nitrogens is 2. The van der Waals surface area contributed by atoms with Gasteiger partial charge in [0.15, 0.2) is 5.78 Å². The van der Waals surface area contributed by atoms with Crippen LogP contribution in [-0.4, -0.2) is 47.5 Å². The molecule has 0 saturated carbocycles. The van der Waals surface area contributed by atoms with E-state index >= 15 is 0 Å². The largest absolute Gasteiger partial charge is 0.411 e. The lowest BCUT2D eigenvalue weighted by Gasteiger charge is -2.15. The molecule has 0 N–H and O–H groups in total. The molecule has 0 atom stereocenters. The predicted molar refractivity (Wildman–Crippen MR) is 119 cm³/mol. The average molecular weight is 498 g/mol. The Kier molecular flexibility index (Phi) is 6.68. The second-order valence-electron chi connectivity index (χ2n) is 6.85. The van der Waals surface area contributed by atoms with Crippen LogP contribution >= 0.6 is 35.0 Å². The number of halogens is 2. The van der Waals surface area contributed by atoms with E-state index in [1.54, 1.807) is 30.3 Å². The zero-order valence-corrected chi connectivity index (χ0v) is 19.3. The van der Waals surface area contributed by atoms with Gasteiger partial charge in [-0.1, -0.05) is 41.0 Å². The fourth-order valence-electron chi connectivity index (χ4n) is 3.17. The number of nitrogens with zero attached hydrogens (tertiary/aromatic N) is 3. The van der Waals surface area contributed by atoms with Gasteiger partial charge in [0.2, 0.25) is 15.9 Å². The first-order valence-corrected chi connectivity index (χ1v) is 12.6. The molecule has 2 aromatic carbocycles. The van der Waals surface area contributed by atoms with Crippen LogP contribution in [0.4, 0.5) is 0 Å². The zero-order chi connectivity index (χ0) is 22.0. The Bertz CT molecular complexity index is 1220. The van der Waals surface area contributed by atoms with Crippen molar-refractivity contribution in [2.24, 2.45) is 0 Å². The molecule has 11 heteroatoms. The highest BCUT2D eigenvalue weighted by atomic mass is 35.5. The molecule has 0 bridgehead atoms. The maximum atomic E-state index is 12.8. The SMILES string of the molecule is O=C(CSc1nnc(-c2cccc(S(=O)(=O)N3CCCC3)c2)o1)c1ccc(Cl)cc1Cl. The molecule has 1 aliphatic heterocycles. The van der Waals surface area contributed by atoms with Crippen molar-refractivity contribution >= 4 is 50.8 Å². The summed E-state index contributed by atoms with van der Waals surface area (Å²) in [5.41, 5.74) is 0.852. The van der Waals surface area contributed by atoms with Crippen LogP contribution in [0.3, 0.4) is 0 Å². The molecule has 2 heterocycles. The van der Waals surface area contributed by atoms with Gasteiger partial charge in [-0.2, -0.15) is 4.31 Å². The van der Waals surface area contributed by atoms with E-state index in [9.17, 15) is 13.2 Å². The molecule has 162 valence electrons. The van der Waals surface area contributed by atoms with Crippen LogP contribution in [-0.2, 0) is 10.0 Å². The number of carbonyl (C=O) groups is 1. The molecule has 0 aliphatic carbocycles. The summed E-state index contributed by atoms with van der Waals surface area (Å²) in [7, 11) is -3.55. The molecule has 1 aliphatic rings. The van der Waals surface area contributed by atoms with Gasteiger partial charge in [0, 0.05) is 29.2 Å². The molecule has 4 rings (SSSR count). The summed E-state index contributed by atoms with van der Waals surface area (Å²) in [5.74, 6) is 0.0230. The highest BCUT2D eigenvalue weighted by molar-refractivity contribution is 7.99. The number of hydrogen-bond acceptors (Lipinski definition) is 7. The summed E-state index contributed by atoms with van der Waals surface area (Å²) in [4.78, 5) is 12.6. The van der Waals surface area contributed by atoms with Crippen molar-refractivity contribution in [1.29, 1.82) is 0 Å². The predicted octanol–water partition coefficient (Wildman–Crippen LogP) is 4.80. The maximum Gasteiger partial charge on any atom is 0.277 e. The Balaban J connectivity index is 1.47. The Labute approximate surface area is 193 Å². The number of sulfonamides is 1. The Hall–Kier alpha value is -1.91. The number of hydrogen-bond donors (Lipinski definition) is 0. The third-order valence-corrected chi connectivity index (χ3v) is 8.01. The van der Waals surface area contributed by atoms with Crippen LogP contribution < -0.4 is 0 Å². The summed E-state index contributed by atoms with van der Waals surface area (Å²) in [6.07, 6.45) is 1.73. The Morgan fingerprint density at radius 3 is 2.61 bits per heavy atom. The molecule has 1 aromatic heterocycles. The second-order valence-corrected chi connectivity index (χ2v) is 10.6. The van der Waals surface area contributed by atoms with Crippen molar-refractivity contribution in [3.63, 3.8) is 0 Å². The van der Waals surface area contributed by atoms with E-state index in [1.165, 1.54) is 16.4 Å². The first-order chi connectivity index (χ1) is 14.8. The highest BCUT2D eigenvalue weighted by Gasteiger charge is 2.27. The van der Waals surface area contributed by atoms with Crippen LogP contribution in [0.5, 0.6) is 0 Å². The molecule has 0 radical (unpaired) electrons. The monoisotopic (exact) mass is 497 g/mol. The number of Topliss-reactive ketones (excluding diaryl/α,β-unsaturated/α-hetero) is 1. The number of rotatable bonds is 7. The fraction of sp³-hybridized carbons (Fsp3) is 0.250. The standard InChI is InChI=1S/C20H17Cl2N3O4S2/c21-14-6-7-16(17(22)11-14)18(26)12-30-20-24-23-19(29-20)13-4-3-5-15(10-13)31(27,28)25-8-1-2-9-25/h3-7,10-11H,1-2,8-9,12H2. The molecular formula is C20H17Cl2N3O4S2. The van der Waals surface area contributed by atoms with Gasteiger partial charge < -0.3 is 4.42 Å². The molecule has 7 nitrogen and oxygen atoms in total. The fourth-order valence-corrected chi connectivity index (χ4v) is 5.90. The lowest BCUT2D eigenvalue weighted by molar-refractivity contribution is 0.102.